The van der Waals surface area contributed by atoms with Gasteiger partial charge in [-0.25, -0.2) is 12.8 Å². The summed E-state index contributed by atoms with van der Waals surface area (Å²) in [5.74, 6) is -1.96. The standard InChI is InChI=1S/C27H28F7NO5S/c1-23(37)12-14-35(15-13-23)22(36)17-10-11-24(16-17,41(39,40)21-8-6-20(28)7-9-21)18-2-4-19(5-3-18)25(38,26(29,30)31)27(32,33)34/h2-9,17,37-38H,10-16H2,1H3/t17-,24-/m0/s1. The average Bonchev–Trinajstić information content (AvgIpc) is 3.34. The molecule has 1 amide bonds. The van der Waals surface area contributed by atoms with Crippen LogP contribution in [0.25, 0.3) is 0 Å². The van der Waals surface area contributed by atoms with Gasteiger partial charge in [-0.2, -0.15) is 26.3 Å². The number of hydrogen-bond donors (Lipinski definition) is 2. The lowest BCUT2D eigenvalue weighted by atomic mass is 9.88. The van der Waals surface area contributed by atoms with Gasteiger partial charge in [0.15, 0.2) is 9.84 Å². The average molecular weight is 612 g/mol. The zero-order valence-electron chi connectivity index (χ0n) is 21.8. The highest BCUT2D eigenvalue weighted by molar-refractivity contribution is 7.92. The second-order valence-electron chi connectivity index (χ2n) is 11.0. The van der Waals surface area contributed by atoms with E-state index in [1.807, 2.05) is 0 Å². The molecule has 41 heavy (non-hydrogen) atoms. The number of rotatable bonds is 5. The molecular formula is C27H28F7NO5S. The first-order chi connectivity index (χ1) is 18.8. The zero-order valence-corrected chi connectivity index (χ0v) is 22.6. The van der Waals surface area contributed by atoms with Gasteiger partial charge in [0, 0.05) is 24.6 Å². The molecule has 0 spiro atoms. The number of amides is 1. The Kier molecular flexibility index (Phi) is 7.79. The monoisotopic (exact) mass is 611 g/mol. The Hall–Kier alpha value is -2.71. The van der Waals surface area contributed by atoms with Crippen molar-refractivity contribution in [2.75, 3.05) is 13.1 Å². The van der Waals surface area contributed by atoms with Gasteiger partial charge in [0.05, 0.1) is 10.5 Å². The largest absolute Gasteiger partial charge is 0.430 e. The third kappa shape index (κ3) is 5.34. The number of sulfone groups is 1. The molecule has 2 aliphatic rings. The van der Waals surface area contributed by atoms with Crippen molar-refractivity contribution < 1.29 is 54.2 Å². The molecule has 0 bridgehead atoms. The van der Waals surface area contributed by atoms with E-state index < -0.39 is 55.4 Å². The van der Waals surface area contributed by atoms with Gasteiger partial charge in [-0.1, -0.05) is 24.3 Å². The number of carbonyl (C=O) groups excluding carboxylic acids is 1. The summed E-state index contributed by atoms with van der Waals surface area (Å²) in [6.07, 6.45) is -12.1. The molecule has 6 nitrogen and oxygen atoms in total. The molecule has 4 rings (SSSR count). The van der Waals surface area contributed by atoms with Crippen LogP contribution in [0.1, 0.15) is 50.2 Å². The maximum atomic E-state index is 14.0. The van der Waals surface area contributed by atoms with Crippen LogP contribution in [0, 0.1) is 11.7 Å². The molecule has 1 aliphatic heterocycles. The highest BCUT2D eigenvalue weighted by Gasteiger charge is 2.71. The summed E-state index contributed by atoms with van der Waals surface area (Å²) in [4.78, 5) is 14.5. The third-order valence-electron chi connectivity index (χ3n) is 8.26. The van der Waals surface area contributed by atoms with Crippen LogP contribution in [0.5, 0.6) is 0 Å². The summed E-state index contributed by atoms with van der Waals surface area (Å²) in [5.41, 5.74) is -7.89. The second kappa shape index (κ2) is 10.2. The van der Waals surface area contributed by atoms with Crippen molar-refractivity contribution in [1.29, 1.82) is 0 Å². The Morgan fingerprint density at radius 3 is 1.90 bits per heavy atom. The first-order valence-electron chi connectivity index (χ1n) is 12.7. The molecular weight excluding hydrogens is 583 g/mol. The number of alkyl halides is 6. The Labute approximate surface area is 231 Å². The van der Waals surface area contributed by atoms with E-state index in [-0.39, 0.29) is 48.7 Å². The Bertz CT molecular complexity index is 1370. The van der Waals surface area contributed by atoms with Crippen molar-refractivity contribution in [3.63, 3.8) is 0 Å². The van der Waals surface area contributed by atoms with E-state index in [9.17, 15) is 54.2 Å². The fourth-order valence-electron chi connectivity index (χ4n) is 5.69. The number of halogens is 7. The predicted molar refractivity (Wildman–Crippen MR) is 131 cm³/mol. The van der Waals surface area contributed by atoms with Crippen molar-refractivity contribution in [1.82, 2.24) is 4.90 Å². The van der Waals surface area contributed by atoms with Gasteiger partial charge in [-0.3, -0.25) is 4.79 Å². The maximum Gasteiger partial charge on any atom is 0.430 e. The first-order valence-corrected chi connectivity index (χ1v) is 14.2. The Balaban J connectivity index is 1.77. The molecule has 1 aliphatic carbocycles. The van der Waals surface area contributed by atoms with Gasteiger partial charge in [-0.15, -0.1) is 0 Å². The van der Waals surface area contributed by atoms with E-state index in [0.29, 0.717) is 25.0 Å². The van der Waals surface area contributed by atoms with Gasteiger partial charge >= 0.3 is 12.4 Å². The van der Waals surface area contributed by atoms with E-state index in [0.717, 1.165) is 36.4 Å². The molecule has 14 heteroatoms. The number of carbonyl (C=O) groups is 1. The normalized spacial score (nSPS) is 24.0. The number of aliphatic hydroxyl groups is 2. The van der Waals surface area contributed by atoms with E-state index in [1.165, 1.54) is 4.90 Å². The van der Waals surface area contributed by atoms with E-state index >= 15 is 0 Å². The van der Waals surface area contributed by atoms with Crippen LogP contribution in [0.4, 0.5) is 30.7 Å². The van der Waals surface area contributed by atoms with Gasteiger partial charge in [-0.05, 0) is 68.9 Å². The molecule has 0 radical (unpaired) electrons. The number of piperidine rings is 1. The van der Waals surface area contributed by atoms with Crippen molar-refractivity contribution in [2.24, 2.45) is 5.92 Å². The molecule has 2 N–H and O–H groups in total. The number of likely N-dealkylation sites (tertiary alicyclic amines) is 1. The van der Waals surface area contributed by atoms with Gasteiger partial charge in [0.2, 0.25) is 5.91 Å². The second-order valence-corrected chi connectivity index (χ2v) is 13.3. The van der Waals surface area contributed by atoms with Crippen molar-refractivity contribution >= 4 is 15.7 Å². The van der Waals surface area contributed by atoms with E-state index in [2.05, 4.69) is 0 Å². The van der Waals surface area contributed by atoms with Gasteiger partial charge in [0.1, 0.15) is 10.6 Å². The fourth-order valence-corrected chi connectivity index (χ4v) is 7.89. The zero-order chi connectivity index (χ0) is 30.6. The Morgan fingerprint density at radius 1 is 0.902 bits per heavy atom. The summed E-state index contributed by atoms with van der Waals surface area (Å²) in [6.45, 7) is 2.08. The van der Waals surface area contributed by atoms with E-state index in [1.54, 1.807) is 6.92 Å². The molecule has 0 aromatic heterocycles. The highest BCUT2D eigenvalue weighted by atomic mass is 32.2. The van der Waals surface area contributed by atoms with Crippen molar-refractivity contribution in [3.8, 4) is 0 Å². The molecule has 1 saturated carbocycles. The minimum atomic E-state index is -6.13. The molecule has 1 saturated heterocycles. The molecule has 2 fully saturated rings. The quantitative estimate of drug-likeness (QED) is 0.368. The summed E-state index contributed by atoms with van der Waals surface area (Å²) in [6, 6.07) is 6.10. The first kappa shape index (κ1) is 31.2. The van der Waals surface area contributed by atoms with Crippen LogP contribution in [0.3, 0.4) is 0 Å². The molecule has 2 aromatic carbocycles. The van der Waals surface area contributed by atoms with Gasteiger partial charge < -0.3 is 15.1 Å². The molecule has 226 valence electrons. The van der Waals surface area contributed by atoms with Crippen molar-refractivity contribution in [3.05, 3.63) is 65.5 Å². The minimum Gasteiger partial charge on any atom is -0.390 e. The van der Waals surface area contributed by atoms with Crippen LogP contribution in [0.2, 0.25) is 0 Å². The summed E-state index contributed by atoms with van der Waals surface area (Å²) in [7, 11) is -4.48. The van der Waals surface area contributed by atoms with Gasteiger partial charge in [0.25, 0.3) is 5.60 Å². The number of nitrogens with zero attached hydrogens (tertiary/aromatic N) is 1. The molecule has 1 heterocycles. The predicted octanol–water partition coefficient (Wildman–Crippen LogP) is 4.98. The van der Waals surface area contributed by atoms with E-state index in [4.69, 9.17) is 0 Å². The lowest BCUT2D eigenvalue weighted by molar-refractivity contribution is -0.376. The van der Waals surface area contributed by atoms with Crippen LogP contribution >= 0.6 is 0 Å². The van der Waals surface area contributed by atoms with Crippen LogP contribution in [-0.2, 0) is 25.0 Å². The van der Waals surface area contributed by atoms with Crippen molar-refractivity contribution in [2.45, 2.75) is 72.2 Å². The summed E-state index contributed by atoms with van der Waals surface area (Å²) >= 11 is 0. The highest BCUT2D eigenvalue weighted by Crippen LogP contribution is 2.53. The molecule has 2 aromatic rings. The molecule has 2 atom stereocenters. The topological polar surface area (TPSA) is 94.9 Å². The van der Waals surface area contributed by atoms with Crippen LogP contribution < -0.4 is 0 Å². The molecule has 0 unspecified atom stereocenters. The lowest BCUT2D eigenvalue weighted by Gasteiger charge is -2.37. The maximum absolute atomic E-state index is 14.0. The smallest absolute Gasteiger partial charge is 0.390 e. The third-order valence-corrected chi connectivity index (χ3v) is 10.8. The number of hydrogen-bond acceptors (Lipinski definition) is 5. The fraction of sp³-hybridized carbons (Fsp3) is 0.519. The number of benzene rings is 2. The summed E-state index contributed by atoms with van der Waals surface area (Å²) in [5, 5.41) is 20.0. The SMILES string of the molecule is CC1(O)CCN(C(=O)[C@H]2CC[C@](c3ccc(C(O)(C(F)(F)F)C(F)(F)F)cc3)(S(=O)(=O)c3ccc(F)cc3)C2)CC1. The lowest BCUT2D eigenvalue weighted by Crippen LogP contribution is -2.53. The minimum absolute atomic E-state index is 0.0446. The summed E-state index contributed by atoms with van der Waals surface area (Å²) < 4.78 is 120. The van der Waals surface area contributed by atoms with Crippen LogP contribution in [-0.4, -0.2) is 60.5 Å². The Morgan fingerprint density at radius 2 is 1.41 bits per heavy atom. The van der Waals surface area contributed by atoms with Crippen LogP contribution in [0.15, 0.2) is 53.4 Å².